The average molecular weight is 544 g/mol. The number of carbonyl (C=O) groups excluding carboxylic acids is 1. The summed E-state index contributed by atoms with van der Waals surface area (Å²) in [4.78, 5) is 1.27. The van der Waals surface area contributed by atoms with Crippen molar-refractivity contribution in [2.45, 2.75) is 48.9 Å². The number of alkyl halides is 19. The van der Waals surface area contributed by atoms with Crippen molar-refractivity contribution >= 4 is 5.97 Å². The monoisotopic (exact) mass is 544 g/mol. The molecular formula is C10H3F19N2O2. The zero-order valence-corrected chi connectivity index (χ0v) is 14.4. The average Bonchev–Trinajstić information content (AvgIpc) is 2.47. The second-order valence-electron chi connectivity index (χ2n) is 5.34. The molecule has 33 heavy (non-hydrogen) atoms. The van der Waals surface area contributed by atoms with Crippen LogP contribution in [0.5, 0.6) is 0 Å². The molecule has 0 radical (unpaired) electrons. The molecule has 0 amide bonds. The van der Waals surface area contributed by atoms with Gasteiger partial charge >= 0.3 is 54.9 Å². The largest absolute Gasteiger partial charge is 0.470 e. The van der Waals surface area contributed by atoms with Gasteiger partial charge in [0.05, 0.1) is 7.11 Å². The molecule has 0 saturated carbocycles. The quantitative estimate of drug-likeness (QED) is 0.245. The van der Waals surface area contributed by atoms with Crippen molar-refractivity contribution in [1.29, 1.82) is 0 Å². The number of hydrogen-bond acceptors (Lipinski definition) is 4. The van der Waals surface area contributed by atoms with E-state index in [9.17, 15) is 88.2 Å². The fourth-order valence-corrected chi connectivity index (χ4v) is 1.79. The number of nitrogens with zero attached hydrogens (tertiary/aromatic N) is 2. The van der Waals surface area contributed by atoms with Crippen LogP contribution in [0.1, 0.15) is 0 Å². The Balaban J connectivity index is 7.26. The highest BCUT2D eigenvalue weighted by Crippen LogP contribution is 2.59. The molecule has 0 aliphatic rings. The maximum absolute atomic E-state index is 13.7. The molecule has 0 N–H and O–H groups in total. The maximum atomic E-state index is 13.7. The number of methoxy groups -OCH3 is 1. The van der Waals surface area contributed by atoms with Gasteiger partial charge in [0.1, 0.15) is 0 Å². The predicted molar refractivity (Wildman–Crippen MR) is 58.6 cm³/mol. The standard InChI is InChI=1S/C10H3F19N2O2/c1-33-2(32)3(11,12)30(9(24,25)26)6(18,19)4(13,14)7(20,21)31(10(27,28)29)8(22,23)5(15,16)17/h1H3. The summed E-state index contributed by atoms with van der Waals surface area (Å²) in [5.74, 6) is -12.7. The van der Waals surface area contributed by atoms with E-state index < -0.39 is 64.7 Å². The molecule has 0 spiro atoms. The van der Waals surface area contributed by atoms with Crippen molar-refractivity contribution in [2.75, 3.05) is 7.11 Å². The van der Waals surface area contributed by atoms with Crippen LogP contribution >= 0.6 is 0 Å². The van der Waals surface area contributed by atoms with Crippen LogP contribution in [0.15, 0.2) is 0 Å². The van der Waals surface area contributed by atoms with E-state index in [1.165, 1.54) is 0 Å². The SMILES string of the molecule is COC(=O)C(F)(F)N(C(F)(F)F)C(F)(F)C(F)(F)C(F)(F)N(C(F)(F)F)C(F)(F)C(F)(F)F. The van der Waals surface area contributed by atoms with E-state index in [-0.39, 0.29) is 7.11 Å². The molecule has 0 aromatic rings. The third kappa shape index (κ3) is 4.96. The van der Waals surface area contributed by atoms with Gasteiger partial charge in [-0.2, -0.15) is 83.4 Å². The van der Waals surface area contributed by atoms with Crippen LogP contribution in [-0.2, 0) is 9.53 Å². The molecule has 0 fully saturated rings. The van der Waals surface area contributed by atoms with Crippen molar-refractivity contribution < 1.29 is 92.9 Å². The molecular weight excluding hydrogens is 541 g/mol. The number of carbonyl (C=O) groups is 1. The Morgan fingerprint density at radius 1 is 0.545 bits per heavy atom. The van der Waals surface area contributed by atoms with E-state index in [0.29, 0.717) is 0 Å². The van der Waals surface area contributed by atoms with Gasteiger partial charge in [0.2, 0.25) is 0 Å². The molecule has 23 heteroatoms. The third-order valence-electron chi connectivity index (χ3n) is 3.16. The molecule has 4 nitrogen and oxygen atoms in total. The van der Waals surface area contributed by atoms with E-state index in [4.69, 9.17) is 0 Å². The summed E-state index contributed by atoms with van der Waals surface area (Å²) in [6.07, 6.45) is -23.8. The lowest BCUT2D eigenvalue weighted by Gasteiger charge is -2.45. The first-order valence-electron chi connectivity index (χ1n) is 6.75. The Labute approximate surface area is 166 Å². The molecule has 0 aliphatic heterocycles. The molecule has 0 heterocycles. The lowest BCUT2D eigenvalue weighted by molar-refractivity contribution is -0.518. The van der Waals surface area contributed by atoms with E-state index in [1.54, 1.807) is 0 Å². The normalized spacial score (nSPS) is 15.9. The topological polar surface area (TPSA) is 32.8 Å². The minimum Gasteiger partial charge on any atom is -0.463 e. The highest BCUT2D eigenvalue weighted by atomic mass is 19.4. The Hall–Kier alpha value is -1.94. The van der Waals surface area contributed by atoms with Gasteiger partial charge in [0.15, 0.2) is 0 Å². The highest BCUT2D eigenvalue weighted by Gasteiger charge is 2.89. The predicted octanol–water partition coefficient (Wildman–Crippen LogP) is 5.37. The summed E-state index contributed by atoms with van der Waals surface area (Å²) in [7, 11) is -0.315. The third-order valence-corrected chi connectivity index (χ3v) is 3.16. The molecule has 0 aromatic carbocycles. The van der Waals surface area contributed by atoms with Crippen LogP contribution in [0.25, 0.3) is 0 Å². The van der Waals surface area contributed by atoms with E-state index in [2.05, 4.69) is 4.74 Å². The van der Waals surface area contributed by atoms with Gasteiger partial charge in [-0.1, -0.05) is 9.80 Å². The van der Waals surface area contributed by atoms with Crippen LogP contribution in [0.4, 0.5) is 83.4 Å². The lowest BCUT2D eigenvalue weighted by Crippen LogP contribution is -2.77. The zero-order chi connectivity index (χ0) is 27.4. The molecule has 0 saturated heterocycles. The molecule has 198 valence electrons. The minimum atomic E-state index is -8.81. The Bertz CT molecular complexity index is 720. The molecule has 0 unspecified atom stereocenters. The molecule has 0 rings (SSSR count). The summed E-state index contributed by atoms with van der Waals surface area (Å²) in [5, 5.41) is 0. The van der Waals surface area contributed by atoms with E-state index in [1.807, 2.05) is 0 Å². The number of ether oxygens (including phenoxy) is 1. The minimum absolute atomic E-state index is 0.315. The number of rotatable bonds is 7. The van der Waals surface area contributed by atoms with E-state index in [0.717, 1.165) is 0 Å². The summed E-state index contributed by atoms with van der Waals surface area (Å²) in [5.41, 5.74) is 0. The van der Waals surface area contributed by atoms with Gasteiger partial charge < -0.3 is 4.74 Å². The van der Waals surface area contributed by atoms with Gasteiger partial charge in [0.25, 0.3) is 0 Å². The number of halogens is 19. The maximum Gasteiger partial charge on any atom is 0.470 e. The molecule has 0 aliphatic carbocycles. The number of hydrogen-bond donors (Lipinski definition) is 0. The van der Waals surface area contributed by atoms with Crippen molar-refractivity contribution in [3.63, 3.8) is 0 Å². The Morgan fingerprint density at radius 3 is 1.09 bits per heavy atom. The van der Waals surface area contributed by atoms with Gasteiger partial charge in [-0.05, 0) is 0 Å². The second kappa shape index (κ2) is 8.08. The summed E-state index contributed by atoms with van der Waals surface area (Å²) < 4.78 is 248. The first-order chi connectivity index (χ1) is 14.0. The first-order valence-corrected chi connectivity index (χ1v) is 6.75. The molecule has 0 aromatic heterocycles. The first kappa shape index (κ1) is 31.1. The van der Waals surface area contributed by atoms with Crippen LogP contribution < -0.4 is 0 Å². The van der Waals surface area contributed by atoms with Crippen LogP contribution in [0, 0.1) is 0 Å². The Morgan fingerprint density at radius 2 is 0.848 bits per heavy atom. The van der Waals surface area contributed by atoms with Crippen LogP contribution in [0.3, 0.4) is 0 Å². The summed E-state index contributed by atoms with van der Waals surface area (Å²) in [6.45, 7) is 0. The van der Waals surface area contributed by atoms with Crippen molar-refractivity contribution in [1.82, 2.24) is 9.80 Å². The van der Waals surface area contributed by atoms with Crippen LogP contribution in [-0.4, -0.2) is 71.8 Å². The second-order valence-corrected chi connectivity index (χ2v) is 5.34. The van der Waals surface area contributed by atoms with Gasteiger partial charge in [-0.15, -0.1) is 0 Å². The zero-order valence-electron chi connectivity index (χ0n) is 14.4. The Kier molecular flexibility index (Phi) is 7.60. The fraction of sp³-hybridized carbons (Fsp3) is 0.900. The number of esters is 1. The van der Waals surface area contributed by atoms with Crippen molar-refractivity contribution in [2.24, 2.45) is 0 Å². The summed E-state index contributed by atoms with van der Waals surface area (Å²) in [6, 6.07) is -32.7. The van der Waals surface area contributed by atoms with Gasteiger partial charge in [0, 0.05) is 0 Å². The van der Waals surface area contributed by atoms with Gasteiger partial charge in [-0.25, -0.2) is 4.79 Å². The summed E-state index contributed by atoms with van der Waals surface area (Å²) >= 11 is 0. The highest BCUT2D eigenvalue weighted by molar-refractivity contribution is 5.77. The smallest absolute Gasteiger partial charge is 0.463 e. The van der Waals surface area contributed by atoms with Crippen molar-refractivity contribution in [3.8, 4) is 0 Å². The fourth-order valence-electron chi connectivity index (χ4n) is 1.79. The van der Waals surface area contributed by atoms with E-state index >= 15 is 0 Å². The molecule has 0 atom stereocenters. The molecule has 0 bridgehead atoms. The van der Waals surface area contributed by atoms with Crippen LogP contribution in [0.2, 0.25) is 0 Å². The van der Waals surface area contributed by atoms with Gasteiger partial charge in [-0.3, -0.25) is 0 Å². The lowest BCUT2D eigenvalue weighted by atomic mass is 10.1. The van der Waals surface area contributed by atoms with Crippen molar-refractivity contribution in [3.05, 3.63) is 0 Å².